The number of anilines is 1. The Bertz CT molecular complexity index is 1150. The minimum absolute atomic E-state index is 0.279. The molecular weight excluding hydrogens is 553 g/mol. The van der Waals surface area contributed by atoms with Crippen LogP contribution >= 0.6 is 7.60 Å². The van der Waals surface area contributed by atoms with Gasteiger partial charge in [-0.1, -0.05) is 83.6 Å². The van der Waals surface area contributed by atoms with Crippen LogP contribution < -0.4 is 5.73 Å². The predicted molar refractivity (Wildman–Crippen MR) is 169 cm³/mol. The summed E-state index contributed by atoms with van der Waals surface area (Å²) >= 11 is 0. The van der Waals surface area contributed by atoms with Gasteiger partial charge in [0.15, 0.2) is 11.5 Å². The summed E-state index contributed by atoms with van der Waals surface area (Å²) in [5.41, 5.74) is 10.6. The molecule has 2 atom stereocenters. The maximum absolute atomic E-state index is 12.3. The Morgan fingerprint density at radius 2 is 1.61 bits per heavy atom. The number of ether oxygens (including phenoxy) is 1. The van der Waals surface area contributed by atoms with Gasteiger partial charge >= 0.3 is 7.60 Å². The van der Waals surface area contributed by atoms with Crippen molar-refractivity contribution in [2.75, 3.05) is 18.7 Å². The maximum atomic E-state index is 12.3. The van der Waals surface area contributed by atoms with E-state index in [1.54, 1.807) is 10.9 Å². The van der Waals surface area contributed by atoms with Crippen LogP contribution in [0.1, 0.15) is 103 Å². The average Bonchev–Trinajstić information content (AvgIpc) is 3.34. The number of nitrogen functional groups attached to an aromatic ring is 1. The van der Waals surface area contributed by atoms with Crippen LogP contribution in [-0.4, -0.2) is 51.5 Å². The highest BCUT2D eigenvalue weighted by Crippen LogP contribution is 2.42. The third kappa shape index (κ3) is 13.0. The third-order valence-electron chi connectivity index (χ3n) is 7.99. The van der Waals surface area contributed by atoms with E-state index in [0.29, 0.717) is 23.5 Å². The van der Waals surface area contributed by atoms with Gasteiger partial charge in [-0.3, -0.25) is 4.57 Å². The van der Waals surface area contributed by atoms with Crippen molar-refractivity contribution in [2.45, 2.75) is 135 Å². The molecule has 9 nitrogen and oxygen atoms in total. The molecule has 230 valence electrons. The molecular formula is C30H52N5O4PSi. The van der Waals surface area contributed by atoms with Crippen molar-refractivity contribution in [2.24, 2.45) is 0 Å². The van der Waals surface area contributed by atoms with E-state index in [2.05, 4.69) is 33.0 Å². The van der Waals surface area contributed by atoms with Crippen molar-refractivity contribution in [3.63, 3.8) is 0 Å². The largest absolute Gasteiger partial charge is 0.382 e. The molecule has 0 aromatic carbocycles. The van der Waals surface area contributed by atoms with Crippen LogP contribution in [0.2, 0.25) is 18.6 Å². The standard InChI is InChI=1S/C30H52N5O4PSi/c1-27(23-35-25-34-28-29(31)32-24-33-30(28)35)38-26-40(36,37)39-19-16-14-12-10-8-6-4-3-5-7-9-11-13-15-17-20-41(2)21-18-22-41/h24-25,27H,3-16,18-19,21-23,26H2,1-2H3,(H,36,37)(H2,31,32,33)/t27-/m1/s1. The van der Waals surface area contributed by atoms with E-state index in [-0.39, 0.29) is 19.1 Å². The summed E-state index contributed by atoms with van der Waals surface area (Å²) in [5, 5.41) is 0. The van der Waals surface area contributed by atoms with Crippen LogP contribution in [0, 0.1) is 11.5 Å². The summed E-state index contributed by atoms with van der Waals surface area (Å²) < 4.78 is 25.0. The number of unbranched alkanes of at least 4 members (excludes halogenated alkanes) is 13. The minimum atomic E-state index is -3.78. The predicted octanol–water partition coefficient (Wildman–Crippen LogP) is 7.46. The van der Waals surface area contributed by atoms with Gasteiger partial charge in [-0.2, -0.15) is 0 Å². The molecule has 2 aromatic rings. The quantitative estimate of drug-likeness (QED) is 0.0650. The molecule has 0 bridgehead atoms. The lowest BCUT2D eigenvalue weighted by atomic mass is 10.0. The second kappa shape index (κ2) is 18.0. The van der Waals surface area contributed by atoms with Gasteiger partial charge < -0.3 is 24.5 Å². The molecule has 3 N–H and O–H groups in total. The van der Waals surface area contributed by atoms with Crippen LogP contribution in [0.4, 0.5) is 5.82 Å². The van der Waals surface area contributed by atoms with Gasteiger partial charge in [0.25, 0.3) is 0 Å². The summed E-state index contributed by atoms with van der Waals surface area (Å²) in [6, 6.07) is 2.87. The zero-order valence-corrected chi connectivity index (χ0v) is 27.3. The Morgan fingerprint density at radius 1 is 1.00 bits per heavy atom. The zero-order chi connectivity index (χ0) is 29.4. The van der Waals surface area contributed by atoms with Crippen LogP contribution in [0.3, 0.4) is 0 Å². The van der Waals surface area contributed by atoms with E-state index in [9.17, 15) is 9.46 Å². The minimum Gasteiger partial charge on any atom is -0.382 e. The summed E-state index contributed by atoms with van der Waals surface area (Å²) in [7, 11) is -4.82. The molecule has 1 aliphatic heterocycles. The Kier molecular flexibility index (Phi) is 14.8. The number of fused-ring (bicyclic) bond motifs is 1. The Hall–Kier alpha value is -1.76. The molecule has 2 aromatic heterocycles. The Balaban J connectivity index is 1.08. The molecule has 1 fully saturated rings. The Morgan fingerprint density at radius 3 is 2.22 bits per heavy atom. The number of imidazole rings is 1. The first-order valence-corrected chi connectivity index (χ1v) is 20.4. The lowest BCUT2D eigenvalue weighted by Crippen LogP contribution is -2.36. The molecule has 0 saturated carbocycles. The molecule has 0 amide bonds. The number of hydrogen-bond donors (Lipinski definition) is 2. The van der Waals surface area contributed by atoms with Crippen LogP contribution in [-0.2, 0) is 20.4 Å². The maximum Gasteiger partial charge on any atom is 0.353 e. The highest BCUT2D eigenvalue weighted by atomic mass is 31.2. The van der Waals surface area contributed by atoms with E-state index in [4.69, 9.17) is 15.0 Å². The summed E-state index contributed by atoms with van der Waals surface area (Å²) in [6.07, 6.45) is 21.0. The van der Waals surface area contributed by atoms with Crippen LogP contribution in [0.15, 0.2) is 12.7 Å². The van der Waals surface area contributed by atoms with E-state index in [0.717, 1.165) is 25.7 Å². The lowest BCUT2D eigenvalue weighted by molar-refractivity contribution is 0.0715. The molecule has 0 aliphatic carbocycles. The zero-order valence-electron chi connectivity index (χ0n) is 25.4. The smallest absolute Gasteiger partial charge is 0.353 e. The monoisotopic (exact) mass is 605 g/mol. The van der Waals surface area contributed by atoms with Gasteiger partial charge in [0, 0.05) is 6.42 Å². The highest BCUT2D eigenvalue weighted by Gasteiger charge is 2.32. The van der Waals surface area contributed by atoms with Crippen molar-refractivity contribution in [1.82, 2.24) is 19.5 Å². The van der Waals surface area contributed by atoms with E-state index < -0.39 is 15.7 Å². The second-order valence-electron chi connectivity index (χ2n) is 12.0. The molecule has 41 heavy (non-hydrogen) atoms. The first kappa shape index (κ1) is 33.7. The van der Waals surface area contributed by atoms with Gasteiger partial charge in [0.2, 0.25) is 0 Å². The van der Waals surface area contributed by atoms with E-state index in [1.807, 2.05) is 6.92 Å². The van der Waals surface area contributed by atoms with Gasteiger partial charge in [-0.25, -0.2) is 15.0 Å². The van der Waals surface area contributed by atoms with Crippen molar-refractivity contribution < 1.29 is 18.7 Å². The average molecular weight is 606 g/mol. The molecule has 1 unspecified atom stereocenters. The second-order valence-corrected chi connectivity index (χ2v) is 18.1. The molecule has 11 heteroatoms. The number of nitrogens with zero attached hydrogens (tertiary/aromatic N) is 4. The molecule has 0 radical (unpaired) electrons. The topological polar surface area (TPSA) is 125 Å². The van der Waals surface area contributed by atoms with Crippen LogP contribution in [0.25, 0.3) is 11.2 Å². The fourth-order valence-electron chi connectivity index (χ4n) is 5.20. The number of hydrogen-bond acceptors (Lipinski definition) is 7. The number of nitrogens with two attached hydrogens (primary N) is 1. The third-order valence-corrected chi connectivity index (χ3v) is 12.7. The number of rotatable bonds is 21. The molecule has 3 rings (SSSR count). The molecule has 1 saturated heterocycles. The molecule has 0 spiro atoms. The van der Waals surface area contributed by atoms with E-state index in [1.165, 1.54) is 89.0 Å². The summed E-state index contributed by atoms with van der Waals surface area (Å²) in [4.78, 5) is 22.5. The molecule has 1 aliphatic rings. The SMILES string of the molecule is C[C@H](Cn1cnc2c(N)ncnc21)OCP(=O)(O)OCCCCCCCCCCCCCCCC#C[Si]1(C)CCC1. The molecule has 3 heterocycles. The van der Waals surface area contributed by atoms with Crippen molar-refractivity contribution in [1.29, 1.82) is 0 Å². The first-order valence-electron chi connectivity index (χ1n) is 15.8. The fraction of sp³-hybridized carbons (Fsp3) is 0.767. The lowest BCUT2D eigenvalue weighted by Gasteiger charge is -2.30. The van der Waals surface area contributed by atoms with Gasteiger partial charge in [-0.15, -0.1) is 11.5 Å². The van der Waals surface area contributed by atoms with Crippen molar-refractivity contribution >= 4 is 32.7 Å². The van der Waals surface area contributed by atoms with Gasteiger partial charge in [0.1, 0.15) is 26.3 Å². The van der Waals surface area contributed by atoms with Gasteiger partial charge in [-0.05, 0) is 31.9 Å². The van der Waals surface area contributed by atoms with Gasteiger partial charge in [0.05, 0.1) is 25.6 Å². The van der Waals surface area contributed by atoms with Crippen LogP contribution in [0.5, 0.6) is 0 Å². The van der Waals surface area contributed by atoms with Crippen molar-refractivity contribution in [3.8, 4) is 11.5 Å². The van der Waals surface area contributed by atoms with E-state index >= 15 is 0 Å². The fourth-order valence-corrected chi connectivity index (χ4v) is 8.34. The number of aromatic nitrogens is 4. The normalized spacial score (nSPS) is 16.6. The Labute approximate surface area is 248 Å². The highest BCUT2D eigenvalue weighted by molar-refractivity contribution is 7.52. The first-order chi connectivity index (χ1) is 19.8. The van der Waals surface area contributed by atoms with Crippen molar-refractivity contribution in [3.05, 3.63) is 12.7 Å². The summed E-state index contributed by atoms with van der Waals surface area (Å²) in [6.45, 7) is 4.97. The summed E-state index contributed by atoms with van der Waals surface area (Å²) in [5.74, 6) is 3.79.